The summed E-state index contributed by atoms with van der Waals surface area (Å²) in [4.78, 5) is 14.8. The fourth-order valence-corrected chi connectivity index (χ4v) is 2.44. The van der Waals surface area contributed by atoms with Crippen LogP contribution < -0.4 is 0 Å². The SMILES string of the molecule is CCCCN(Cc1cccn1C)C(=O)c1ccccc1C. The lowest BCUT2D eigenvalue weighted by molar-refractivity contribution is 0.0736. The highest BCUT2D eigenvalue weighted by molar-refractivity contribution is 5.95. The van der Waals surface area contributed by atoms with E-state index in [1.165, 1.54) is 0 Å². The van der Waals surface area contributed by atoms with E-state index in [0.717, 1.165) is 36.2 Å². The maximum absolute atomic E-state index is 12.8. The van der Waals surface area contributed by atoms with Crippen molar-refractivity contribution in [2.45, 2.75) is 33.2 Å². The molecule has 0 saturated carbocycles. The molecule has 0 spiro atoms. The molecule has 0 radical (unpaired) electrons. The number of hydrogen-bond acceptors (Lipinski definition) is 1. The summed E-state index contributed by atoms with van der Waals surface area (Å²) in [6.45, 7) is 5.61. The predicted molar refractivity (Wildman–Crippen MR) is 86.2 cm³/mol. The minimum atomic E-state index is 0.128. The third-order valence-electron chi connectivity index (χ3n) is 3.85. The van der Waals surface area contributed by atoms with E-state index < -0.39 is 0 Å². The van der Waals surface area contributed by atoms with Gasteiger partial charge in [-0.1, -0.05) is 31.5 Å². The molecule has 1 heterocycles. The average molecular weight is 284 g/mol. The molecule has 112 valence electrons. The summed E-state index contributed by atoms with van der Waals surface area (Å²) in [6.07, 6.45) is 4.14. The molecule has 0 unspecified atom stereocenters. The van der Waals surface area contributed by atoms with Gasteiger partial charge in [-0.2, -0.15) is 0 Å². The molecule has 0 aliphatic rings. The van der Waals surface area contributed by atoms with Crippen LogP contribution in [0, 0.1) is 6.92 Å². The Kier molecular flexibility index (Phi) is 5.20. The number of unbranched alkanes of at least 4 members (excludes halogenated alkanes) is 1. The quantitative estimate of drug-likeness (QED) is 0.792. The van der Waals surface area contributed by atoms with E-state index >= 15 is 0 Å². The van der Waals surface area contributed by atoms with Gasteiger partial charge in [0.25, 0.3) is 5.91 Å². The van der Waals surface area contributed by atoms with Gasteiger partial charge >= 0.3 is 0 Å². The summed E-state index contributed by atoms with van der Waals surface area (Å²) in [6, 6.07) is 11.9. The van der Waals surface area contributed by atoms with Gasteiger partial charge in [0.15, 0.2) is 0 Å². The van der Waals surface area contributed by atoms with Gasteiger partial charge in [-0.3, -0.25) is 4.79 Å². The standard InChI is InChI=1S/C18H24N2O/c1-4-5-13-20(14-16-10-8-12-19(16)3)18(21)17-11-7-6-9-15(17)2/h6-12H,4-5,13-14H2,1-3H3. The first-order chi connectivity index (χ1) is 10.1. The summed E-state index contributed by atoms with van der Waals surface area (Å²) >= 11 is 0. The topological polar surface area (TPSA) is 25.2 Å². The van der Waals surface area contributed by atoms with Crippen LogP contribution in [0.3, 0.4) is 0 Å². The molecule has 0 bridgehead atoms. The Morgan fingerprint density at radius 1 is 1.19 bits per heavy atom. The van der Waals surface area contributed by atoms with Gasteiger partial charge in [0.2, 0.25) is 0 Å². The molecule has 3 heteroatoms. The van der Waals surface area contributed by atoms with Crippen LogP contribution in [-0.4, -0.2) is 21.9 Å². The Morgan fingerprint density at radius 2 is 1.95 bits per heavy atom. The van der Waals surface area contributed by atoms with E-state index in [4.69, 9.17) is 0 Å². The number of aromatic nitrogens is 1. The van der Waals surface area contributed by atoms with Gasteiger partial charge in [-0.15, -0.1) is 0 Å². The van der Waals surface area contributed by atoms with Crippen molar-refractivity contribution in [1.82, 2.24) is 9.47 Å². The van der Waals surface area contributed by atoms with E-state index in [1.807, 2.05) is 55.4 Å². The first-order valence-electron chi connectivity index (χ1n) is 7.58. The van der Waals surface area contributed by atoms with Crippen LogP contribution in [-0.2, 0) is 13.6 Å². The van der Waals surface area contributed by atoms with Gasteiger partial charge in [0, 0.05) is 31.0 Å². The highest BCUT2D eigenvalue weighted by Gasteiger charge is 2.18. The third kappa shape index (κ3) is 3.75. The van der Waals surface area contributed by atoms with Crippen LogP contribution in [0.4, 0.5) is 0 Å². The fraction of sp³-hybridized carbons (Fsp3) is 0.389. The Morgan fingerprint density at radius 3 is 2.57 bits per heavy atom. The molecular formula is C18H24N2O. The Bertz CT molecular complexity index is 601. The van der Waals surface area contributed by atoms with Crippen molar-refractivity contribution < 1.29 is 4.79 Å². The van der Waals surface area contributed by atoms with Crippen LogP contribution in [0.25, 0.3) is 0 Å². The molecule has 0 N–H and O–H groups in total. The monoisotopic (exact) mass is 284 g/mol. The van der Waals surface area contributed by atoms with Gasteiger partial charge in [-0.05, 0) is 37.1 Å². The molecule has 0 saturated heterocycles. The Hall–Kier alpha value is -2.03. The number of carbonyl (C=O) groups excluding carboxylic acids is 1. The maximum atomic E-state index is 12.8. The number of hydrogen-bond donors (Lipinski definition) is 0. The molecule has 2 rings (SSSR count). The molecule has 0 aliphatic heterocycles. The Labute approximate surface area is 127 Å². The van der Waals surface area contributed by atoms with Crippen molar-refractivity contribution in [3.63, 3.8) is 0 Å². The van der Waals surface area contributed by atoms with Gasteiger partial charge < -0.3 is 9.47 Å². The van der Waals surface area contributed by atoms with Crippen molar-refractivity contribution in [3.05, 3.63) is 59.4 Å². The summed E-state index contributed by atoms with van der Waals surface area (Å²) in [5, 5.41) is 0. The number of aryl methyl sites for hydroxylation is 2. The first kappa shape index (κ1) is 15.4. The minimum Gasteiger partial charge on any atom is -0.353 e. The molecule has 1 amide bonds. The highest BCUT2D eigenvalue weighted by Crippen LogP contribution is 2.14. The van der Waals surface area contributed by atoms with E-state index in [9.17, 15) is 4.79 Å². The molecule has 0 atom stereocenters. The van der Waals surface area contributed by atoms with E-state index in [-0.39, 0.29) is 5.91 Å². The van der Waals surface area contributed by atoms with Crippen molar-refractivity contribution in [2.24, 2.45) is 7.05 Å². The third-order valence-corrected chi connectivity index (χ3v) is 3.85. The molecule has 0 fully saturated rings. The van der Waals surface area contributed by atoms with Crippen LogP contribution in [0.5, 0.6) is 0 Å². The smallest absolute Gasteiger partial charge is 0.254 e. The molecule has 1 aromatic heterocycles. The van der Waals surface area contributed by atoms with Crippen molar-refractivity contribution >= 4 is 5.91 Å². The second-order valence-corrected chi connectivity index (χ2v) is 5.51. The zero-order chi connectivity index (χ0) is 15.2. The number of nitrogens with zero attached hydrogens (tertiary/aromatic N) is 2. The largest absolute Gasteiger partial charge is 0.353 e. The van der Waals surface area contributed by atoms with Crippen molar-refractivity contribution in [3.8, 4) is 0 Å². The lowest BCUT2D eigenvalue weighted by atomic mass is 10.1. The van der Waals surface area contributed by atoms with Crippen molar-refractivity contribution in [1.29, 1.82) is 0 Å². The molecular weight excluding hydrogens is 260 g/mol. The van der Waals surface area contributed by atoms with Gasteiger partial charge in [0.05, 0.1) is 6.54 Å². The van der Waals surface area contributed by atoms with Crippen LogP contribution in [0.2, 0.25) is 0 Å². The fourth-order valence-electron chi connectivity index (χ4n) is 2.44. The van der Waals surface area contributed by atoms with E-state index in [2.05, 4.69) is 17.6 Å². The predicted octanol–water partition coefficient (Wildman–Crippen LogP) is 3.78. The molecule has 0 aliphatic carbocycles. The highest BCUT2D eigenvalue weighted by atomic mass is 16.2. The van der Waals surface area contributed by atoms with Crippen LogP contribution in [0.1, 0.15) is 41.4 Å². The average Bonchev–Trinajstić information content (AvgIpc) is 2.88. The summed E-state index contributed by atoms with van der Waals surface area (Å²) in [5.41, 5.74) is 3.01. The molecule has 2 aromatic rings. The lowest BCUT2D eigenvalue weighted by Crippen LogP contribution is -2.32. The zero-order valence-electron chi connectivity index (χ0n) is 13.2. The Balaban J connectivity index is 2.21. The second kappa shape index (κ2) is 7.11. The van der Waals surface area contributed by atoms with E-state index in [1.54, 1.807) is 0 Å². The number of benzene rings is 1. The van der Waals surface area contributed by atoms with Crippen LogP contribution >= 0.6 is 0 Å². The number of rotatable bonds is 6. The number of amides is 1. The minimum absolute atomic E-state index is 0.128. The molecule has 1 aromatic carbocycles. The van der Waals surface area contributed by atoms with Gasteiger partial charge in [0.1, 0.15) is 0 Å². The van der Waals surface area contributed by atoms with Crippen molar-refractivity contribution in [2.75, 3.05) is 6.54 Å². The molecule has 21 heavy (non-hydrogen) atoms. The second-order valence-electron chi connectivity index (χ2n) is 5.51. The summed E-state index contributed by atoms with van der Waals surface area (Å²) in [7, 11) is 2.02. The number of carbonyl (C=O) groups is 1. The van der Waals surface area contributed by atoms with Crippen LogP contribution in [0.15, 0.2) is 42.6 Å². The normalized spacial score (nSPS) is 10.6. The van der Waals surface area contributed by atoms with Gasteiger partial charge in [-0.25, -0.2) is 0 Å². The molecule has 3 nitrogen and oxygen atoms in total. The first-order valence-corrected chi connectivity index (χ1v) is 7.58. The zero-order valence-corrected chi connectivity index (χ0v) is 13.2. The van der Waals surface area contributed by atoms with E-state index in [0.29, 0.717) is 6.54 Å². The summed E-state index contributed by atoms with van der Waals surface area (Å²) in [5.74, 6) is 0.128. The maximum Gasteiger partial charge on any atom is 0.254 e. The summed E-state index contributed by atoms with van der Waals surface area (Å²) < 4.78 is 2.07. The lowest BCUT2D eigenvalue weighted by Gasteiger charge is -2.24.